The summed E-state index contributed by atoms with van der Waals surface area (Å²) in [6.45, 7) is 0.946. The van der Waals surface area contributed by atoms with Crippen LogP contribution in [0.25, 0.3) is 11.0 Å². The van der Waals surface area contributed by atoms with Gasteiger partial charge >= 0.3 is 6.03 Å². The SMILES string of the molecule is COc1ccc2c(c1)C(=O)N(CC1(c3cc4c[n+](O)ccc4o3)CNC(=O)N1)C2. The van der Waals surface area contributed by atoms with E-state index in [9.17, 15) is 14.8 Å². The van der Waals surface area contributed by atoms with Crippen molar-refractivity contribution in [3.63, 3.8) is 0 Å². The maximum atomic E-state index is 13.0. The molecule has 0 bridgehead atoms. The van der Waals surface area contributed by atoms with Crippen molar-refractivity contribution in [1.82, 2.24) is 15.5 Å². The van der Waals surface area contributed by atoms with E-state index in [-0.39, 0.29) is 25.0 Å². The molecule has 0 saturated carbocycles. The van der Waals surface area contributed by atoms with Gasteiger partial charge in [0, 0.05) is 16.8 Å². The molecule has 4 heterocycles. The molecule has 1 saturated heterocycles. The standard InChI is InChI=1S/C20H18N4O5/c1-28-14-3-2-12-8-23(18(25)15(12)7-14)11-20(10-21-19(26)22-20)17-6-13-9-24(27)5-4-16(13)29-17/h2-7,9H,8,10-11H2,1H3,(H2-,21,22,26,27)/p+1. The summed E-state index contributed by atoms with van der Waals surface area (Å²) < 4.78 is 12.1. The molecular formula is C20H19N4O5+. The summed E-state index contributed by atoms with van der Waals surface area (Å²) in [7, 11) is 1.56. The van der Waals surface area contributed by atoms with Crippen molar-refractivity contribution in [2.24, 2.45) is 0 Å². The number of benzene rings is 1. The zero-order valence-electron chi connectivity index (χ0n) is 15.6. The van der Waals surface area contributed by atoms with Crippen LogP contribution < -0.4 is 20.1 Å². The quantitative estimate of drug-likeness (QED) is 0.453. The van der Waals surface area contributed by atoms with E-state index in [1.165, 1.54) is 12.4 Å². The lowest BCUT2D eigenvalue weighted by Crippen LogP contribution is -2.50. The van der Waals surface area contributed by atoms with Crippen LogP contribution in [0.15, 0.2) is 47.1 Å². The first-order valence-electron chi connectivity index (χ1n) is 9.14. The highest BCUT2D eigenvalue weighted by molar-refractivity contribution is 5.99. The number of nitrogens with zero attached hydrogens (tertiary/aromatic N) is 2. The van der Waals surface area contributed by atoms with E-state index in [0.29, 0.717) is 34.6 Å². The maximum Gasteiger partial charge on any atom is 0.315 e. The zero-order valence-corrected chi connectivity index (χ0v) is 15.6. The molecule has 2 aromatic heterocycles. The Kier molecular flexibility index (Phi) is 3.67. The Morgan fingerprint density at radius 1 is 1.31 bits per heavy atom. The molecule has 9 heteroatoms. The van der Waals surface area contributed by atoms with Gasteiger partial charge in [0.2, 0.25) is 12.4 Å². The lowest BCUT2D eigenvalue weighted by molar-refractivity contribution is -0.904. The number of carbonyl (C=O) groups excluding carboxylic acids is 2. The fourth-order valence-corrected chi connectivity index (χ4v) is 4.00. The number of rotatable bonds is 4. The topological polar surface area (TPSA) is 108 Å². The third kappa shape index (κ3) is 2.74. The second kappa shape index (κ2) is 6.13. The molecule has 3 amide bonds. The predicted molar refractivity (Wildman–Crippen MR) is 99.5 cm³/mol. The van der Waals surface area contributed by atoms with Crippen LogP contribution in [0.3, 0.4) is 0 Å². The maximum absolute atomic E-state index is 13.0. The number of nitrogens with one attached hydrogen (secondary N) is 2. The van der Waals surface area contributed by atoms with E-state index >= 15 is 0 Å². The normalized spacial score (nSPS) is 20.7. The van der Waals surface area contributed by atoms with E-state index in [1.54, 1.807) is 30.2 Å². The predicted octanol–water partition coefficient (Wildman–Crippen LogP) is 1.13. The molecule has 0 aliphatic carbocycles. The Labute approximate surface area is 165 Å². The highest BCUT2D eigenvalue weighted by Gasteiger charge is 2.46. The molecule has 1 unspecified atom stereocenters. The Morgan fingerprint density at radius 3 is 2.93 bits per heavy atom. The largest absolute Gasteiger partial charge is 0.497 e. The third-order valence-electron chi connectivity index (χ3n) is 5.47. The number of fused-ring (bicyclic) bond motifs is 2. The molecule has 1 aromatic carbocycles. The van der Waals surface area contributed by atoms with Crippen molar-refractivity contribution in [3.8, 4) is 5.75 Å². The van der Waals surface area contributed by atoms with Gasteiger partial charge in [-0.3, -0.25) is 10.0 Å². The minimum Gasteiger partial charge on any atom is -0.497 e. The summed E-state index contributed by atoms with van der Waals surface area (Å²) in [5.74, 6) is 1.02. The van der Waals surface area contributed by atoms with E-state index in [0.717, 1.165) is 10.3 Å². The molecule has 5 rings (SSSR count). The lowest BCUT2D eigenvalue weighted by Gasteiger charge is -2.30. The number of urea groups is 1. The number of carbonyl (C=O) groups is 2. The second-order valence-corrected chi connectivity index (χ2v) is 7.33. The molecule has 1 fully saturated rings. The van der Waals surface area contributed by atoms with Crippen molar-refractivity contribution >= 4 is 22.9 Å². The van der Waals surface area contributed by atoms with Crippen molar-refractivity contribution in [3.05, 3.63) is 59.6 Å². The van der Waals surface area contributed by atoms with Gasteiger partial charge in [-0.1, -0.05) is 6.07 Å². The Bertz CT molecular complexity index is 1160. The van der Waals surface area contributed by atoms with E-state index in [4.69, 9.17) is 9.15 Å². The summed E-state index contributed by atoms with van der Waals surface area (Å²) in [4.78, 5) is 26.7. The Morgan fingerprint density at radius 2 is 2.17 bits per heavy atom. The highest BCUT2D eigenvalue weighted by Crippen LogP contribution is 2.34. The third-order valence-corrected chi connectivity index (χ3v) is 5.47. The number of ether oxygens (including phenoxy) is 1. The molecule has 1 atom stereocenters. The van der Waals surface area contributed by atoms with Crippen LogP contribution in [0.2, 0.25) is 0 Å². The Balaban J connectivity index is 1.50. The average Bonchev–Trinajstić information content (AvgIpc) is 3.38. The van der Waals surface area contributed by atoms with Crippen molar-refractivity contribution in [1.29, 1.82) is 0 Å². The molecule has 9 nitrogen and oxygen atoms in total. The second-order valence-electron chi connectivity index (χ2n) is 7.33. The fraction of sp³-hybridized carbons (Fsp3) is 0.250. The van der Waals surface area contributed by atoms with Gasteiger partial charge in [0.25, 0.3) is 5.91 Å². The molecular weight excluding hydrogens is 376 g/mol. The van der Waals surface area contributed by atoms with Gasteiger partial charge in [0.15, 0.2) is 0 Å². The van der Waals surface area contributed by atoms with Crippen LogP contribution in [-0.2, 0) is 12.1 Å². The number of furan rings is 1. The fourth-order valence-electron chi connectivity index (χ4n) is 4.00. The number of aromatic nitrogens is 1. The van der Waals surface area contributed by atoms with Gasteiger partial charge in [-0.25, -0.2) is 4.79 Å². The van der Waals surface area contributed by atoms with E-state index < -0.39 is 5.54 Å². The van der Waals surface area contributed by atoms with Crippen LogP contribution in [0.1, 0.15) is 21.7 Å². The summed E-state index contributed by atoms with van der Waals surface area (Å²) in [5.41, 5.74) is 1.17. The van der Waals surface area contributed by atoms with Gasteiger partial charge in [0.05, 0.1) is 31.7 Å². The number of pyridine rings is 1. The molecule has 2 aliphatic heterocycles. The van der Waals surface area contributed by atoms with Gasteiger partial charge in [-0.15, -0.1) is 0 Å². The van der Waals surface area contributed by atoms with Crippen molar-refractivity contribution < 1.29 is 28.7 Å². The van der Waals surface area contributed by atoms with Crippen LogP contribution in [0.5, 0.6) is 5.75 Å². The first kappa shape index (κ1) is 17.4. The Hall–Kier alpha value is -3.75. The average molecular weight is 395 g/mol. The van der Waals surface area contributed by atoms with E-state index in [1.807, 2.05) is 12.1 Å². The summed E-state index contributed by atoms with van der Waals surface area (Å²) in [5, 5.41) is 16.0. The molecule has 29 heavy (non-hydrogen) atoms. The van der Waals surface area contributed by atoms with Crippen molar-refractivity contribution in [2.75, 3.05) is 20.2 Å². The molecule has 0 radical (unpaired) electrons. The molecule has 3 N–H and O–H groups in total. The van der Waals surface area contributed by atoms with Gasteiger partial charge in [-0.05, 0) is 23.8 Å². The molecule has 2 aliphatic rings. The first-order valence-corrected chi connectivity index (χ1v) is 9.14. The minimum absolute atomic E-state index is 0.122. The number of hydrogen-bond acceptors (Lipinski definition) is 5. The minimum atomic E-state index is -0.918. The monoisotopic (exact) mass is 395 g/mol. The smallest absolute Gasteiger partial charge is 0.315 e. The number of hydrogen-bond donors (Lipinski definition) is 3. The lowest BCUT2D eigenvalue weighted by atomic mass is 9.96. The first-order chi connectivity index (χ1) is 14.0. The summed E-state index contributed by atoms with van der Waals surface area (Å²) >= 11 is 0. The van der Waals surface area contributed by atoms with Gasteiger partial charge in [0.1, 0.15) is 22.6 Å². The van der Waals surface area contributed by atoms with Gasteiger partial charge in [-0.2, -0.15) is 0 Å². The summed E-state index contributed by atoms with van der Waals surface area (Å²) in [6, 6.07) is 8.52. The molecule has 0 spiro atoms. The van der Waals surface area contributed by atoms with Crippen LogP contribution in [0.4, 0.5) is 4.79 Å². The van der Waals surface area contributed by atoms with Gasteiger partial charge < -0.3 is 24.7 Å². The van der Waals surface area contributed by atoms with E-state index in [2.05, 4.69) is 10.6 Å². The van der Waals surface area contributed by atoms with Crippen LogP contribution in [-0.4, -0.2) is 42.2 Å². The van der Waals surface area contributed by atoms with Crippen molar-refractivity contribution in [2.45, 2.75) is 12.1 Å². The number of methoxy groups -OCH3 is 1. The van der Waals surface area contributed by atoms with Crippen LogP contribution >= 0.6 is 0 Å². The summed E-state index contributed by atoms with van der Waals surface area (Å²) in [6.07, 6.45) is 2.98. The van der Waals surface area contributed by atoms with Crippen LogP contribution in [0, 0.1) is 0 Å². The zero-order chi connectivity index (χ0) is 20.2. The molecule has 3 aromatic rings. The number of amides is 3. The highest BCUT2D eigenvalue weighted by atomic mass is 16.5. The molecule has 148 valence electrons.